The number of fused-ring (bicyclic) bond motifs is 1. The number of aromatic nitrogens is 1. The van der Waals surface area contributed by atoms with E-state index in [0.717, 1.165) is 16.3 Å². The van der Waals surface area contributed by atoms with Crippen LogP contribution in [-0.2, 0) is 0 Å². The Hall–Kier alpha value is -2.46. The Morgan fingerprint density at radius 2 is 2.05 bits per heavy atom. The van der Waals surface area contributed by atoms with Crippen LogP contribution in [0, 0.1) is 5.82 Å². The van der Waals surface area contributed by atoms with E-state index in [2.05, 4.69) is 4.98 Å². The van der Waals surface area contributed by atoms with Crippen molar-refractivity contribution in [3.05, 3.63) is 71.8 Å². The van der Waals surface area contributed by atoms with Gasteiger partial charge in [-0.1, -0.05) is 24.3 Å². The molecule has 0 amide bonds. The quantitative estimate of drug-likeness (QED) is 0.800. The van der Waals surface area contributed by atoms with Gasteiger partial charge in [-0.25, -0.2) is 4.39 Å². The van der Waals surface area contributed by atoms with E-state index in [0.29, 0.717) is 5.56 Å². The molecule has 0 aliphatic rings. The first kappa shape index (κ1) is 13.5. The van der Waals surface area contributed by atoms with Crippen molar-refractivity contribution in [2.45, 2.75) is 6.04 Å². The lowest BCUT2D eigenvalue weighted by Gasteiger charge is -2.16. The minimum Gasteiger partial charge on any atom is -0.494 e. The van der Waals surface area contributed by atoms with Gasteiger partial charge in [0.2, 0.25) is 0 Å². The van der Waals surface area contributed by atoms with Crippen molar-refractivity contribution in [1.82, 2.24) is 4.98 Å². The highest BCUT2D eigenvalue weighted by Crippen LogP contribution is 2.29. The Bertz CT molecular complexity index is 783. The second-order valence-corrected chi connectivity index (χ2v) is 4.82. The van der Waals surface area contributed by atoms with Gasteiger partial charge >= 0.3 is 0 Å². The number of nitrogens with two attached hydrogens (primary N) is 1. The highest BCUT2D eigenvalue weighted by Gasteiger charge is 2.14. The van der Waals surface area contributed by atoms with E-state index < -0.39 is 11.9 Å². The molecule has 3 rings (SSSR count). The van der Waals surface area contributed by atoms with Gasteiger partial charge in [-0.2, -0.15) is 0 Å². The van der Waals surface area contributed by atoms with Gasteiger partial charge in [-0.05, 0) is 34.7 Å². The molecule has 3 nitrogen and oxygen atoms in total. The number of halogens is 1. The van der Waals surface area contributed by atoms with Crippen molar-refractivity contribution in [3.63, 3.8) is 0 Å². The van der Waals surface area contributed by atoms with Crippen LogP contribution in [0.5, 0.6) is 5.75 Å². The van der Waals surface area contributed by atoms with Crippen LogP contribution < -0.4 is 10.5 Å². The van der Waals surface area contributed by atoms with Crippen molar-refractivity contribution in [1.29, 1.82) is 0 Å². The number of methoxy groups -OCH3 is 1. The van der Waals surface area contributed by atoms with Crippen molar-refractivity contribution in [2.75, 3.05) is 7.11 Å². The highest BCUT2D eigenvalue weighted by atomic mass is 19.1. The number of benzene rings is 2. The molecular weight excluding hydrogens is 267 g/mol. The normalized spacial score (nSPS) is 12.3. The molecular formula is C17H15FN2O. The monoisotopic (exact) mass is 282 g/mol. The molecule has 4 heteroatoms. The molecule has 0 saturated heterocycles. The molecule has 3 aromatic rings. The van der Waals surface area contributed by atoms with Crippen molar-refractivity contribution in [3.8, 4) is 5.75 Å². The standard InChI is InChI=1S/C17H15FN2O/c1-21-16-6-5-11(9-15(16)18)17(19)14-4-2-3-12-10-20-8-7-13(12)14/h2-10,17H,19H2,1H3. The molecule has 1 unspecified atom stereocenters. The third-order valence-corrected chi connectivity index (χ3v) is 3.58. The summed E-state index contributed by atoms with van der Waals surface area (Å²) >= 11 is 0. The summed E-state index contributed by atoms with van der Waals surface area (Å²) in [6.07, 6.45) is 3.52. The third-order valence-electron chi connectivity index (χ3n) is 3.58. The van der Waals surface area contributed by atoms with Crippen LogP contribution in [0.4, 0.5) is 4.39 Å². The Balaban J connectivity index is 2.08. The molecule has 1 atom stereocenters. The van der Waals surface area contributed by atoms with E-state index in [1.165, 1.54) is 13.2 Å². The lowest BCUT2D eigenvalue weighted by Crippen LogP contribution is -2.12. The molecule has 0 spiro atoms. The second kappa shape index (κ2) is 5.50. The molecule has 0 aliphatic carbocycles. The van der Waals surface area contributed by atoms with E-state index in [1.807, 2.05) is 24.3 Å². The van der Waals surface area contributed by atoms with Gasteiger partial charge < -0.3 is 10.5 Å². The number of hydrogen-bond donors (Lipinski definition) is 1. The molecule has 0 saturated carbocycles. The highest BCUT2D eigenvalue weighted by molar-refractivity contribution is 5.85. The molecule has 0 radical (unpaired) electrons. The minimum absolute atomic E-state index is 0.216. The van der Waals surface area contributed by atoms with Crippen LogP contribution in [0.25, 0.3) is 10.8 Å². The molecule has 1 aromatic heterocycles. The lowest BCUT2D eigenvalue weighted by molar-refractivity contribution is 0.386. The summed E-state index contributed by atoms with van der Waals surface area (Å²) in [5.41, 5.74) is 7.96. The van der Waals surface area contributed by atoms with E-state index in [1.54, 1.807) is 24.5 Å². The molecule has 1 heterocycles. The number of hydrogen-bond acceptors (Lipinski definition) is 3. The first-order valence-electron chi connectivity index (χ1n) is 6.62. The van der Waals surface area contributed by atoms with Crippen LogP contribution in [-0.4, -0.2) is 12.1 Å². The summed E-state index contributed by atoms with van der Waals surface area (Å²) in [5.74, 6) is -0.194. The number of rotatable bonds is 3. The van der Waals surface area contributed by atoms with E-state index in [4.69, 9.17) is 10.5 Å². The lowest BCUT2D eigenvalue weighted by atomic mass is 9.95. The van der Waals surface area contributed by atoms with Crippen LogP contribution in [0.1, 0.15) is 17.2 Å². The maximum absolute atomic E-state index is 13.8. The molecule has 106 valence electrons. The molecule has 0 fully saturated rings. The molecule has 0 aliphatic heterocycles. The minimum atomic E-state index is -0.410. The average molecular weight is 282 g/mol. The maximum Gasteiger partial charge on any atom is 0.165 e. The number of pyridine rings is 1. The largest absolute Gasteiger partial charge is 0.494 e. The SMILES string of the molecule is COc1ccc(C(N)c2cccc3cnccc23)cc1F. The van der Waals surface area contributed by atoms with Crippen molar-refractivity contribution in [2.24, 2.45) is 5.73 Å². The topological polar surface area (TPSA) is 48.1 Å². The summed E-state index contributed by atoms with van der Waals surface area (Å²) < 4.78 is 18.8. The smallest absolute Gasteiger partial charge is 0.165 e. The van der Waals surface area contributed by atoms with E-state index in [-0.39, 0.29) is 5.75 Å². The summed E-state index contributed by atoms with van der Waals surface area (Å²) in [5, 5.41) is 2.04. The van der Waals surface area contributed by atoms with Gasteiger partial charge in [0.1, 0.15) is 0 Å². The second-order valence-electron chi connectivity index (χ2n) is 4.82. The van der Waals surface area contributed by atoms with Gasteiger partial charge in [-0.3, -0.25) is 4.98 Å². The fraction of sp³-hybridized carbons (Fsp3) is 0.118. The maximum atomic E-state index is 13.8. The summed E-state index contributed by atoms with van der Waals surface area (Å²) in [7, 11) is 1.44. The molecule has 21 heavy (non-hydrogen) atoms. The Kier molecular flexibility index (Phi) is 3.54. The predicted octanol–water partition coefficient (Wildman–Crippen LogP) is 3.43. The fourth-order valence-corrected chi connectivity index (χ4v) is 2.47. The van der Waals surface area contributed by atoms with Gasteiger partial charge in [0.15, 0.2) is 11.6 Å². The zero-order valence-corrected chi connectivity index (χ0v) is 11.6. The molecule has 2 aromatic carbocycles. The van der Waals surface area contributed by atoms with Gasteiger partial charge in [0, 0.05) is 17.8 Å². The third kappa shape index (κ3) is 2.45. The van der Waals surface area contributed by atoms with Crippen LogP contribution in [0.3, 0.4) is 0 Å². The Labute approximate surface area is 122 Å². The predicted molar refractivity (Wildman–Crippen MR) is 80.7 cm³/mol. The van der Waals surface area contributed by atoms with Crippen molar-refractivity contribution >= 4 is 10.8 Å². The van der Waals surface area contributed by atoms with Gasteiger partial charge in [0.05, 0.1) is 13.2 Å². The zero-order chi connectivity index (χ0) is 14.8. The zero-order valence-electron chi connectivity index (χ0n) is 11.6. The molecule has 2 N–H and O–H groups in total. The first-order chi connectivity index (χ1) is 10.2. The Morgan fingerprint density at radius 3 is 2.81 bits per heavy atom. The van der Waals surface area contributed by atoms with Gasteiger partial charge in [0.25, 0.3) is 0 Å². The molecule has 0 bridgehead atoms. The summed E-state index contributed by atoms with van der Waals surface area (Å²) in [6, 6.07) is 12.2. The van der Waals surface area contributed by atoms with Crippen LogP contribution in [0.2, 0.25) is 0 Å². The van der Waals surface area contributed by atoms with Gasteiger partial charge in [-0.15, -0.1) is 0 Å². The summed E-state index contributed by atoms with van der Waals surface area (Å²) in [6.45, 7) is 0. The summed E-state index contributed by atoms with van der Waals surface area (Å²) in [4.78, 5) is 4.11. The average Bonchev–Trinajstić information content (AvgIpc) is 2.53. The first-order valence-corrected chi connectivity index (χ1v) is 6.62. The van der Waals surface area contributed by atoms with Crippen molar-refractivity contribution < 1.29 is 9.13 Å². The Morgan fingerprint density at radius 1 is 1.19 bits per heavy atom. The number of nitrogens with zero attached hydrogens (tertiary/aromatic N) is 1. The van der Waals surface area contributed by atoms with Crippen LogP contribution in [0.15, 0.2) is 54.9 Å². The fourth-order valence-electron chi connectivity index (χ4n) is 2.47. The van der Waals surface area contributed by atoms with E-state index in [9.17, 15) is 4.39 Å². The van der Waals surface area contributed by atoms with Crippen LogP contribution >= 0.6 is 0 Å². The number of ether oxygens (including phenoxy) is 1. The van der Waals surface area contributed by atoms with E-state index >= 15 is 0 Å².